The van der Waals surface area contributed by atoms with Crippen LogP contribution in [0.5, 0.6) is 11.5 Å². The molecule has 3 rings (SSSR count). The van der Waals surface area contributed by atoms with Crippen molar-refractivity contribution in [1.82, 2.24) is 20.1 Å². The Hall–Kier alpha value is -3.61. The highest BCUT2D eigenvalue weighted by Gasteiger charge is 2.16. The van der Waals surface area contributed by atoms with E-state index in [9.17, 15) is 0 Å². The fourth-order valence-corrected chi connectivity index (χ4v) is 3.52. The van der Waals surface area contributed by atoms with Crippen molar-refractivity contribution >= 4 is 23.7 Å². The van der Waals surface area contributed by atoms with E-state index in [2.05, 4.69) is 15.5 Å². The second-order valence-electron chi connectivity index (χ2n) is 6.50. The first-order valence-electron chi connectivity index (χ1n) is 10.1. The molecule has 0 unspecified atom stereocenters. The summed E-state index contributed by atoms with van der Waals surface area (Å²) in [5, 5.41) is 36.5. The van der Waals surface area contributed by atoms with E-state index in [-0.39, 0.29) is 6.61 Å². The van der Waals surface area contributed by atoms with Gasteiger partial charge < -0.3 is 30.1 Å². The van der Waals surface area contributed by atoms with Crippen LogP contribution in [-0.4, -0.2) is 81.7 Å². The molecule has 34 heavy (non-hydrogen) atoms. The Morgan fingerprint density at radius 2 is 1.47 bits per heavy atom. The second kappa shape index (κ2) is 13.8. The fourth-order valence-electron chi connectivity index (χ4n) is 2.67. The molecular weight excluding hydrogens is 464 g/mol. The number of carboxylic acid groups (broad SMARTS) is 2. The summed E-state index contributed by atoms with van der Waals surface area (Å²) >= 11 is 1.61. The molecule has 0 atom stereocenters. The molecule has 0 aliphatic heterocycles. The van der Waals surface area contributed by atoms with Crippen LogP contribution in [0.4, 0.5) is 0 Å². The molecule has 11 nitrogen and oxygen atoms in total. The van der Waals surface area contributed by atoms with Crippen LogP contribution in [0.25, 0.3) is 17.1 Å². The number of aliphatic carboxylic acids is 2. The monoisotopic (exact) mass is 490 g/mol. The van der Waals surface area contributed by atoms with Crippen LogP contribution in [0.3, 0.4) is 0 Å². The summed E-state index contributed by atoms with van der Waals surface area (Å²) in [5.74, 6) is -0.477. The van der Waals surface area contributed by atoms with Crippen LogP contribution < -0.4 is 14.8 Å². The molecule has 0 saturated carbocycles. The lowest BCUT2D eigenvalue weighted by molar-refractivity contribution is -0.159. The highest BCUT2D eigenvalue weighted by atomic mass is 32.2. The summed E-state index contributed by atoms with van der Waals surface area (Å²) < 4.78 is 12.6. The van der Waals surface area contributed by atoms with Crippen LogP contribution >= 0.6 is 11.8 Å². The van der Waals surface area contributed by atoms with Gasteiger partial charge in [-0.25, -0.2) is 9.59 Å². The number of carbonyl (C=O) groups is 2. The molecule has 1 heterocycles. The third-order valence-electron chi connectivity index (χ3n) is 4.29. The maximum atomic E-state index is 9.10. The average Bonchev–Trinajstić information content (AvgIpc) is 3.28. The van der Waals surface area contributed by atoms with E-state index in [0.29, 0.717) is 6.54 Å². The van der Waals surface area contributed by atoms with E-state index in [1.54, 1.807) is 26.0 Å². The van der Waals surface area contributed by atoms with Crippen molar-refractivity contribution in [3.05, 3.63) is 48.5 Å². The summed E-state index contributed by atoms with van der Waals surface area (Å²) in [7, 11) is 3.30. The molecule has 3 aromatic rings. The van der Waals surface area contributed by atoms with Crippen molar-refractivity contribution in [3.63, 3.8) is 0 Å². The molecule has 0 radical (unpaired) electrons. The number of aliphatic hydroxyl groups is 1. The second-order valence-corrected chi connectivity index (χ2v) is 7.56. The standard InChI is InChI=1S/C20H24N4O3S.C2H2O4/c1-26-17-7-3-15(4-8-17)19-22-23-20(28-14-12-21-11-13-25)24(19)16-5-9-18(27-2)10-6-16;3-1(4)2(5)6/h3-10,21,25H,11-14H2,1-2H3;(H,3,4)(H,5,6). The first-order chi connectivity index (χ1) is 16.4. The van der Waals surface area contributed by atoms with Crippen molar-refractivity contribution < 1.29 is 34.4 Å². The van der Waals surface area contributed by atoms with Crippen LogP contribution in [0.1, 0.15) is 0 Å². The Balaban J connectivity index is 0.000000604. The Labute approximate surface area is 200 Å². The lowest BCUT2D eigenvalue weighted by atomic mass is 10.2. The molecule has 0 aliphatic carbocycles. The van der Waals surface area contributed by atoms with Crippen LogP contribution in [-0.2, 0) is 9.59 Å². The number of ether oxygens (including phenoxy) is 2. The van der Waals surface area contributed by atoms with E-state index < -0.39 is 11.9 Å². The van der Waals surface area contributed by atoms with Gasteiger partial charge in [-0.05, 0) is 48.5 Å². The summed E-state index contributed by atoms with van der Waals surface area (Å²) in [4.78, 5) is 18.2. The number of nitrogens with zero attached hydrogens (tertiary/aromatic N) is 3. The van der Waals surface area contributed by atoms with Gasteiger partial charge in [0.2, 0.25) is 0 Å². The number of nitrogens with one attached hydrogen (secondary N) is 1. The minimum atomic E-state index is -1.82. The van der Waals surface area contributed by atoms with E-state index in [1.165, 1.54) is 0 Å². The van der Waals surface area contributed by atoms with Crippen molar-refractivity contribution in [2.45, 2.75) is 5.16 Å². The molecule has 0 fully saturated rings. The van der Waals surface area contributed by atoms with Gasteiger partial charge in [0.15, 0.2) is 11.0 Å². The maximum absolute atomic E-state index is 9.10. The van der Waals surface area contributed by atoms with Crippen molar-refractivity contribution in [3.8, 4) is 28.6 Å². The number of benzene rings is 2. The third-order valence-corrected chi connectivity index (χ3v) is 5.22. The zero-order valence-corrected chi connectivity index (χ0v) is 19.5. The maximum Gasteiger partial charge on any atom is 0.414 e. The van der Waals surface area contributed by atoms with Crippen molar-refractivity contribution in [2.75, 3.05) is 39.7 Å². The quantitative estimate of drug-likeness (QED) is 0.187. The number of thioether (sulfide) groups is 1. The van der Waals surface area contributed by atoms with Gasteiger partial charge in [0.25, 0.3) is 0 Å². The number of hydrogen-bond donors (Lipinski definition) is 4. The number of methoxy groups -OCH3 is 2. The van der Waals surface area contributed by atoms with Gasteiger partial charge >= 0.3 is 11.9 Å². The third kappa shape index (κ3) is 7.76. The summed E-state index contributed by atoms with van der Waals surface area (Å²) in [6.07, 6.45) is 0. The zero-order valence-electron chi connectivity index (χ0n) is 18.7. The van der Waals surface area contributed by atoms with Gasteiger partial charge in [-0.3, -0.25) is 4.57 Å². The van der Waals surface area contributed by atoms with E-state index in [4.69, 9.17) is 34.4 Å². The Bertz CT molecular complexity index is 1040. The van der Waals surface area contributed by atoms with Crippen LogP contribution in [0, 0.1) is 0 Å². The molecular formula is C22H26N4O7S. The topological polar surface area (TPSA) is 156 Å². The molecule has 1 aromatic heterocycles. The van der Waals surface area contributed by atoms with Gasteiger partial charge in [-0.1, -0.05) is 11.8 Å². The SMILES string of the molecule is COc1ccc(-c2nnc(SCCNCCO)n2-c2ccc(OC)cc2)cc1.O=C(O)C(=O)O. The lowest BCUT2D eigenvalue weighted by Crippen LogP contribution is -2.20. The molecule has 2 aromatic carbocycles. The smallest absolute Gasteiger partial charge is 0.414 e. The molecule has 0 saturated heterocycles. The van der Waals surface area contributed by atoms with Crippen molar-refractivity contribution in [2.24, 2.45) is 0 Å². The Morgan fingerprint density at radius 1 is 0.912 bits per heavy atom. The largest absolute Gasteiger partial charge is 0.497 e. The molecule has 12 heteroatoms. The number of aromatic nitrogens is 3. The Morgan fingerprint density at radius 3 is 1.97 bits per heavy atom. The van der Waals surface area contributed by atoms with E-state index in [1.807, 2.05) is 53.1 Å². The summed E-state index contributed by atoms with van der Waals surface area (Å²) in [6, 6.07) is 15.6. The van der Waals surface area contributed by atoms with Gasteiger partial charge in [-0.15, -0.1) is 10.2 Å². The summed E-state index contributed by atoms with van der Waals surface area (Å²) in [6.45, 7) is 1.50. The predicted molar refractivity (Wildman–Crippen MR) is 126 cm³/mol. The molecule has 4 N–H and O–H groups in total. The van der Waals surface area contributed by atoms with Gasteiger partial charge in [-0.2, -0.15) is 0 Å². The van der Waals surface area contributed by atoms with Crippen LogP contribution in [0.2, 0.25) is 0 Å². The highest BCUT2D eigenvalue weighted by molar-refractivity contribution is 7.99. The molecule has 0 bridgehead atoms. The minimum Gasteiger partial charge on any atom is -0.497 e. The number of hydrogen-bond acceptors (Lipinski definition) is 9. The van der Waals surface area contributed by atoms with E-state index in [0.717, 1.165) is 46.0 Å². The molecule has 0 spiro atoms. The minimum absolute atomic E-state index is 0.133. The first kappa shape index (κ1) is 26.6. The first-order valence-corrected chi connectivity index (χ1v) is 11.0. The summed E-state index contributed by atoms with van der Waals surface area (Å²) in [5.41, 5.74) is 1.91. The number of aliphatic hydroxyl groups excluding tert-OH is 1. The average molecular weight is 491 g/mol. The molecule has 0 amide bonds. The van der Waals surface area contributed by atoms with Crippen LogP contribution in [0.15, 0.2) is 53.7 Å². The van der Waals surface area contributed by atoms with Gasteiger partial charge in [0.1, 0.15) is 11.5 Å². The number of carboxylic acids is 2. The van der Waals surface area contributed by atoms with E-state index >= 15 is 0 Å². The number of rotatable bonds is 10. The molecule has 0 aliphatic rings. The van der Waals surface area contributed by atoms with Crippen molar-refractivity contribution in [1.29, 1.82) is 0 Å². The highest BCUT2D eigenvalue weighted by Crippen LogP contribution is 2.29. The molecule has 182 valence electrons. The van der Waals surface area contributed by atoms with Gasteiger partial charge in [0.05, 0.1) is 20.8 Å². The fraction of sp³-hybridized carbons (Fsp3) is 0.273. The predicted octanol–water partition coefficient (Wildman–Crippen LogP) is 1.78. The van der Waals surface area contributed by atoms with Gasteiger partial charge in [0, 0.05) is 30.1 Å². The zero-order chi connectivity index (χ0) is 24.9. The normalized spacial score (nSPS) is 10.2. The lowest BCUT2D eigenvalue weighted by Gasteiger charge is -2.11. The Kier molecular flexibility index (Phi) is 10.8.